The maximum absolute atomic E-state index is 12.2. The molecule has 1 aromatic carbocycles. The summed E-state index contributed by atoms with van der Waals surface area (Å²) in [5, 5.41) is 11.7. The lowest BCUT2D eigenvalue weighted by Crippen LogP contribution is -2.27. The van der Waals surface area contributed by atoms with Crippen molar-refractivity contribution >= 4 is 5.91 Å². The Morgan fingerprint density at radius 2 is 2.05 bits per heavy atom. The third kappa shape index (κ3) is 5.46. The Kier molecular flexibility index (Phi) is 5.79. The number of carbonyl (C=O) groups is 1. The third-order valence-electron chi connectivity index (χ3n) is 2.88. The molecule has 0 spiro atoms. The van der Waals surface area contributed by atoms with Gasteiger partial charge in [-0.1, -0.05) is 38.7 Å². The van der Waals surface area contributed by atoms with Crippen molar-refractivity contribution in [2.24, 2.45) is 5.41 Å². The highest BCUT2D eigenvalue weighted by Gasteiger charge is 2.13. The average Bonchev–Trinajstić information content (AvgIpc) is 2.34. The van der Waals surface area contributed by atoms with E-state index in [1.807, 2.05) is 19.1 Å². The summed E-state index contributed by atoms with van der Waals surface area (Å²) in [6.07, 6.45) is 0.919. The van der Waals surface area contributed by atoms with E-state index < -0.39 is 0 Å². The number of aliphatic hydroxyl groups is 1. The van der Waals surface area contributed by atoms with Crippen LogP contribution < -0.4 is 5.32 Å². The van der Waals surface area contributed by atoms with Crippen LogP contribution in [0.1, 0.15) is 48.7 Å². The molecular weight excluding hydrogens is 250 g/mol. The Morgan fingerprint density at radius 1 is 1.35 bits per heavy atom. The monoisotopic (exact) mass is 273 g/mol. The second-order valence-corrected chi connectivity index (χ2v) is 6.08. The van der Waals surface area contributed by atoms with E-state index in [0.717, 1.165) is 12.0 Å². The minimum Gasteiger partial charge on any atom is -0.384 e. The predicted octanol–water partition coefficient (Wildman–Crippen LogP) is 2.50. The van der Waals surface area contributed by atoms with Crippen LogP contribution in [0.3, 0.4) is 0 Å². The fourth-order valence-corrected chi connectivity index (χ4v) is 1.74. The Labute approximate surface area is 121 Å². The Balaban J connectivity index is 2.82. The van der Waals surface area contributed by atoms with Crippen LogP contribution in [0, 0.1) is 24.2 Å². The third-order valence-corrected chi connectivity index (χ3v) is 2.88. The summed E-state index contributed by atoms with van der Waals surface area (Å²) < 4.78 is 0. The number of hydrogen-bond donors (Lipinski definition) is 2. The first kappa shape index (κ1) is 16.3. The molecule has 1 rings (SSSR count). The van der Waals surface area contributed by atoms with E-state index in [1.165, 1.54) is 0 Å². The first-order chi connectivity index (χ1) is 9.33. The summed E-state index contributed by atoms with van der Waals surface area (Å²) in [6.45, 7) is 8.81. The fraction of sp³-hybridized carbons (Fsp3) is 0.471. The topological polar surface area (TPSA) is 49.3 Å². The van der Waals surface area contributed by atoms with Crippen molar-refractivity contribution in [3.05, 3.63) is 34.9 Å². The van der Waals surface area contributed by atoms with Crippen molar-refractivity contribution in [3.63, 3.8) is 0 Å². The molecule has 20 heavy (non-hydrogen) atoms. The van der Waals surface area contributed by atoms with E-state index in [4.69, 9.17) is 5.11 Å². The second-order valence-electron chi connectivity index (χ2n) is 6.08. The molecule has 3 nitrogen and oxygen atoms in total. The number of aryl methyl sites for hydroxylation is 1. The van der Waals surface area contributed by atoms with E-state index in [9.17, 15) is 4.79 Å². The summed E-state index contributed by atoms with van der Waals surface area (Å²) in [4.78, 5) is 12.2. The van der Waals surface area contributed by atoms with Crippen LogP contribution in [0.25, 0.3) is 0 Å². The summed E-state index contributed by atoms with van der Waals surface area (Å²) in [7, 11) is 0. The Bertz CT molecular complexity index is 530. The molecule has 0 bridgehead atoms. The van der Waals surface area contributed by atoms with Gasteiger partial charge in [-0.2, -0.15) is 0 Å². The van der Waals surface area contributed by atoms with Gasteiger partial charge in [0.25, 0.3) is 5.91 Å². The second kappa shape index (κ2) is 7.12. The summed E-state index contributed by atoms with van der Waals surface area (Å²) in [6, 6.07) is 5.53. The van der Waals surface area contributed by atoms with E-state index in [2.05, 4.69) is 37.9 Å². The molecule has 0 radical (unpaired) electrons. The van der Waals surface area contributed by atoms with Crippen LogP contribution in [0.5, 0.6) is 0 Å². The quantitative estimate of drug-likeness (QED) is 0.831. The van der Waals surface area contributed by atoms with Gasteiger partial charge in [-0.05, 0) is 36.5 Å². The van der Waals surface area contributed by atoms with E-state index in [-0.39, 0.29) is 17.9 Å². The van der Waals surface area contributed by atoms with E-state index in [1.54, 1.807) is 6.07 Å². The molecule has 0 aliphatic carbocycles. The van der Waals surface area contributed by atoms with Gasteiger partial charge in [0.05, 0.1) is 5.56 Å². The zero-order valence-electron chi connectivity index (χ0n) is 12.7. The van der Waals surface area contributed by atoms with Gasteiger partial charge in [-0.25, -0.2) is 0 Å². The Morgan fingerprint density at radius 3 is 2.65 bits per heavy atom. The van der Waals surface area contributed by atoms with Crippen LogP contribution in [-0.2, 0) is 0 Å². The highest BCUT2D eigenvalue weighted by Crippen LogP contribution is 2.17. The number of carbonyl (C=O) groups excluding carboxylic acids is 1. The molecule has 0 saturated carbocycles. The molecule has 3 heteroatoms. The molecular formula is C17H23NO2. The van der Waals surface area contributed by atoms with Crippen molar-refractivity contribution in [2.45, 2.75) is 34.1 Å². The number of amides is 1. The smallest absolute Gasteiger partial charge is 0.252 e. The molecule has 0 atom stereocenters. The van der Waals surface area contributed by atoms with Gasteiger partial charge in [-0.15, -0.1) is 0 Å². The molecule has 0 heterocycles. The van der Waals surface area contributed by atoms with Crippen LogP contribution in [0.2, 0.25) is 0 Å². The van der Waals surface area contributed by atoms with Crippen molar-refractivity contribution in [1.29, 1.82) is 0 Å². The van der Waals surface area contributed by atoms with Gasteiger partial charge in [0.1, 0.15) is 6.61 Å². The molecule has 0 saturated heterocycles. The van der Waals surface area contributed by atoms with Crippen molar-refractivity contribution in [1.82, 2.24) is 5.32 Å². The first-order valence-corrected chi connectivity index (χ1v) is 6.82. The zero-order chi connectivity index (χ0) is 15.2. The summed E-state index contributed by atoms with van der Waals surface area (Å²) in [5.74, 6) is 5.31. The standard InChI is InChI=1S/C17H23NO2/c1-13-7-8-15(14(12-13)6-5-11-19)16(20)18-10-9-17(2,3)4/h7-8,12,19H,9-11H2,1-4H3,(H,18,20). The lowest BCUT2D eigenvalue weighted by Gasteiger charge is -2.18. The molecule has 108 valence electrons. The number of benzene rings is 1. The van der Waals surface area contributed by atoms with Gasteiger partial charge < -0.3 is 10.4 Å². The molecule has 2 N–H and O–H groups in total. The molecule has 0 fully saturated rings. The van der Waals surface area contributed by atoms with Crippen LogP contribution in [0.4, 0.5) is 0 Å². The maximum Gasteiger partial charge on any atom is 0.252 e. The largest absolute Gasteiger partial charge is 0.384 e. The highest BCUT2D eigenvalue weighted by molar-refractivity contribution is 5.96. The minimum atomic E-state index is -0.209. The van der Waals surface area contributed by atoms with Gasteiger partial charge in [0.15, 0.2) is 0 Å². The summed E-state index contributed by atoms with van der Waals surface area (Å²) in [5.41, 5.74) is 2.45. The first-order valence-electron chi connectivity index (χ1n) is 6.82. The number of aliphatic hydroxyl groups excluding tert-OH is 1. The fourth-order valence-electron chi connectivity index (χ4n) is 1.74. The highest BCUT2D eigenvalue weighted by atomic mass is 16.2. The van der Waals surface area contributed by atoms with E-state index in [0.29, 0.717) is 17.7 Å². The van der Waals surface area contributed by atoms with Crippen molar-refractivity contribution in [3.8, 4) is 11.8 Å². The van der Waals surface area contributed by atoms with Gasteiger partial charge >= 0.3 is 0 Å². The summed E-state index contributed by atoms with van der Waals surface area (Å²) >= 11 is 0. The lowest BCUT2D eigenvalue weighted by molar-refractivity contribution is 0.0949. The predicted molar refractivity (Wildman–Crippen MR) is 81.5 cm³/mol. The SMILES string of the molecule is Cc1ccc(C(=O)NCCC(C)(C)C)c(C#CCO)c1. The minimum absolute atomic E-state index is 0.114. The van der Waals surface area contributed by atoms with Crippen LogP contribution in [-0.4, -0.2) is 24.2 Å². The average molecular weight is 273 g/mol. The molecule has 0 aliphatic heterocycles. The molecule has 0 aromatic heterocycles. The van der Waals surface area contributed by atoms with Crippen LogP contribution in [0.15, 0.2) is 18.2 Å². The lowest BCUT2D eigenvalue weighted by atomic mass is 9.92. The molecule has 0 aliphatic rings. The molecule has 1 amide bonds. The van der Waals surface area contributed by atoms with Crippen molar-refractivity contribution < 1.29 is 9.90 Å². The number of rotatable bonds is 3. The molecule has 0 unspecified atom stereocenters. The maximum atomic E-state index is 12.2. The molecule has 1 aromatic rings. The van der Waals surface area contributed by atoms with Gasteiger partial charge in [0, 0.05) is 12.1 Å². The Hall–Kier alpha value is -1.79. The zero-order valence-corrected chi connectivity index (χ0v) is 12.7. The van der Waals surface area contributed by atoms with Gasteiger partial charge in [0.2, 0.25) is 0 Å². The number of nitrogens with one attached hydrogen (secondary N) is 1. The van der Waals surface area contributed by atoms with Crippen LogP contribution >= 0.6 is 0 Å². The number of hydrogen-bond acceptors (Lipinski definition) is 2. The normalized spacial score (nSPS) is 10.7. The van der Waals surface area contributed by atoms with Gasteiger partial charge in [-0.3, -0.25) is 4.79 Å². The van der Waals surface area contributed by atoms with Crippen molar-refractivity contribution in [2.75, 3.05) is 13.2 Å². The van der Waals surface area contributed by atoms with E-state index >= 15 is 0 Å².